The minimum atomic E-state index is -4.64. The number of para-hydroxylation sites is 1. The molecule has 9 nitrogen and oxygen atoms in total. The van der Waals surface area contributed by atoms with Crippen LogP contribution in [0.2, 0.25) is 0 Å². The number of rotatable bonds is 9. The maximum atomic E-state index is 13.5. The van der Waals surface area contributed by atoms with Crippen LogP contribution in [-0.4, -0.2) is 27.4 Å². The Labute approximate surface area is 246 Å². The highest BCUT2D eigenvalue weighted by Crippen LogP contribution is 2.39. The normalized spacial score (nSPS) is 11.7. The molecule has 0 spiro atoms. The molecule has 0 fully saturated rings. The molecule has 0 unspecified atom stereocenters. The number of ether oxygens (including phenoxy) is 2. The molecular weight excluding hydrogens is 584 g/mol. The van der Waals surface area contributed by atoms with Gasteiger partial charge >= 0.3 is 11.9 Å². The molecular formula is C31H22F4N4O5. The summed E-state index contributed by atoms with van der Waals surface area (Å²) in [4.78, 5) is 29.2. The molecule has 5 aromatic rings. The first-order valence-electron chi connectivity index (χ1n) is 13.1. The number of hydrogen-bond donors (Lipinski definition) is 0. The summed E-state index contributed by atoms with van der Waals surface area (Å²) in [7, 11) is 0. The number of halogens is 4. The van der Waals surface area contributed by atoms with Crippen molar-refractivity contribution in [3.8, 4) is 22.9 Å². The minimum absolute atomic E-state index is 0.00680. The summed E-state index contributed by atoms with van der Waals surface area (Å²) < 4.78 is 65.9. The number of nitrogens with zero attached hydrogens (tertiary/aromatic N) is 4. The van der Waals surface area contributed by atoms with Gasteiger partial charge in [-0.15, -0.1) is 0 Å². The maximum absolute atomic E-state index is 13.5. The Morgan fingerprint density at radius 2 is 1.75 bits per heavy atom. The van der Waals surface area contributed by atoms with Crippen LogP contribution < -0.4 is 15.0 Å². The zero-order valence-electron chi connectivity index (χ0n) is 22.9. The molecule has 0 N–H and O–H groups in total. The zero-order chi connectivity index (χ0) is 31.4. The van der Waals surface area contributed by atoms with Gasteiger partial charge in [0.2, 0.25) is 5.75 Å². The highest BCUT2D eigenvalue weighted by atomic mass is 19.4. The van der Waals surface area contributed by atoms with E-state index in [1.54, 1.807) is 25.1 Å². The molecule has 4 aromatic carbocycles. The number of benzene rings is 4. The van der Waals surface area contributed by atoms with Crippen molar-refractivity contribution in [3.05, 3.63) is 128 Å². The predicted octanol–water partition coefficient (Wildman–Crippen LogP) is 6.99. The van der Waals surface area contributed by atoms with Gasteiger partial charge in [-0.2, -0.15) is 22.9 Å². The molecule has 1 aromatic heterocycles. The Morgan fingerprint density at radius 3 is 2.45 bits per heavy atom. The van der Waals surface area contributed by atoms with Gasteiger partial charge in [0, 0.05) is 17.2 Å². The summed E-state index contributed by atoms with van der Waals surface area (Å²) in [6.45, 7) is 1.67. The lowest BCUT2D eigenvalue weighted by molar-refractivity contribution is -0.386. The van der Waals surface area contributed by atoms with E-state index in [0.29, 0.717) is 5.56 Å². The van der Waals surface area contributed by atoms with Crippen molar-refractivity contribution >= 4 is 22.8 Å². The predicted molar refractivity (Wildman–Crippen MR) is 154 cm³/mol. The lowest BCUT2D eigenvalue weighted by atomic mass is 10.1. The first-order valence-corrected chi connectivity index (χ1v) is 13.1. The quantitative estimate of drug-likeness (QED) is 0.0775. The molecule has 0 saturated heterocycles. The molecule has 0 saturated carbocycles. The molecule has 44 heavy (non-hydrogen) atoms. The lowest BCUT2D eigenvalue weighted by Gasteiger charge is -2.14. The molecule has 0 aliphatic rings. The molecule has 5 rings (SSSR count). The molecule has 0 bridgehead atoms. The number of hydrogen-bond acceptors (Lipinski definition) is 7. The molecule has 0 radical (unpaired) electrons. The second-order valence-corrected chi connectivity index (χ2v) is 9.37. The third-order valence-electron chi connectivity index (χ3n) is 6.37. The van der Waals surface area contributed by atoms with Crippen molar-refractivity contribution in [1.82, 2.24) is 9.66 Å². The Bertz CT molecular complexity index is 1940. The largest absolute Gasteiger partial charge is 0.490 e. The van der Waals surface area contributed by atoms with Crippen LogP contribution in [0.1, 0.15) is 23.6 Å². The first kappa shape index (κ1) is 29.9. The fourth-order valence-corrected chi connectivity index (χ4v) is 4.34. The van der Waals surface area contributed by atoms with E-state index in [-0.39, 0.29) is 52.6 Å². The van der Waals surface area contributed by atoms with E-state index in [4.69, 9.17) is 9.47 Å². The number of nitro benzene ring substituents is 1. The van der Waals surface area contributed by atoms with Crippen molar-refractivity contribution in [2.24, 2.45) is 5.10 Å². The number of aromatic nitrogens is 2. The van der Waals surface area contributed by atoms with E-state index in [1.807, 2.05) is 0 Å². The van der Waals surface area contributed by atoms with Crippen LogP contribution in [-0.2, 0) is 12.8 Å². The molecule has 0 atom stereocenters. The fraction of sp³-hybridized carbons (Fsp3) is 0.129. The van der Waals surface area contributed by atoms with E-state index in [0.717, 1.165) is 29.1 Å². The highest BCUT2D eigenvalue weighted by molar-refractivity contribution is 5.84. The molecule has 13 heteroatoms. The third kappa shape index (κ3) is 6.41. The van der Waals surface area contributed by atoms with Gasteiger partial charge in [0.25, 0.3) is 5.56 Å². The molecule has 0 aliphatic carbocycles. The van der Waals surface area contributed by atoms with Gasteiger partial charge in [-0.3, -0.25) is 14.9 Å². The van der Waals surface area contributed by atoms with Crippen LogP contribution in [0.4, 0.5) is 23.2 Å². The van der Waals surface area contributed by atoms with Crippen molar-refractivity contribution in [2.75, 3.05) is 6.61 Å². The van der Waals surface area contributed by atoms with E-state index < -0.39 is 33.7 Å². The number of fused-ring (bicyclic) bond motifs is 1. The van der Waals surface area contributed by atoms with Crippen LogP contribution in [0, 0.1) is 15.9 Å². The second-order valence-electron chi connectivity index (χ2n) is 9.37. The van der Waals surface area contributed by atoms with Crippen LogP contribution in [0.25, 0.3) is 22.3 Å². The van der Waals surface area contributed by atoms with E-state index in [1.165, 1.54) is 48.5 Å². The Hall–Kier alpha value is -5.59. The fourth-order valence-electron chi connectivity index (χ4n) is 4.34. The second kappa shape index (κ2) is 12.3. The average Bonchev–Trinajstić information content (AvgIpc) is 3.00. The molecule has 1 heterocycles. The van der Waals surface area contributed by atoms with Crippen molar-refractivity contribution in [2.45, 2.75) is 19.7 Å². The zero-order valence-corrected chi connectivity index (χ0v) is 22.9. The lowest BCUT2D eigenvalue weighted by Crippen LogP contribution is -2.20. The van der Waals surface area contributed by atoms with Crippen molar-refractivity contribution in [3.63, 3.8) is 0 Å². The van der Waals surface area contributed by atoms with Gasteiger partial charge < -0.3 is 9.47 Å². The monoisotopic (exact) mass is 606 g/mol. The smallest absolute Gasteiger partial charge is 0.416 e. The van der Waals surface area contributed by atoms with E-state index in [9.17, 15) is 32.5 Å². The van der Waals surface area contributed by atoms with Gasteiger partial charge in [-0.05, 0) is 55.0 Å². The van der Waals surface area contributed by atoms with Gasteiger partial charge in [0.15, 0.2) is 11.6 Å². The Balaban J connectivity index is 1.61. The summed E-state index contributed by atoms with van der Waals surface area (Å²) in [5.41, 5.74) is -1.18. The summed E-state index contributed by atoms with van der Waals surface area (Å²) in [6.07, 6.45) is -3.51. The van der Waals surface area contributed by atoms with Gasteiger partial charge in [0.05, 0.1) is 34.2 Å². The average molecular weight is 607 g/mol. The van der Waals surface area contributed by atoms with Gasteiger partial charge in [0.1, 0.15) is 12.4 Å². The first-order chi connectivity index (χ1) is 21.0. The Morgan fingerprint density at radius 1 is 1.00 bits per heavy atom. The molecule has 224 valence electrons. The third-order valence-corrected chi connectivity index (χ3v) is 6.37. The maximum Gasteiger partial charge on any atom is 0.416 e. The topological polar surface area (TPSA) is 109 Å². The van der Waals surface area contributed by atoms with Crippen LogP contribution in [0.15, 0.2) is 94.8 Å². The summed E-state index contributed by atoms with van der Waals surface area (Å²) in [6, 6.07) is 18.5. The van der Waals surface area contributed by atoms with Crippen LogP contribution in [0.5, 0.6) is 11.5 Å². The van der Waals surface area contributed by atoms with Crippen molar-refractivity contribution < 1.29 is 32.0 Å². The van der Waals surface area contributed by atoms with Gasteiger partial charge in [-0.25, -0.2) is 9.37 Å². The standard InChI is InChI=1S/C31H22F4N4O5/c1-2-43-27-15-20(14-26(39(41)42)28(27)44-18-19-10-12-23(32)13-11-19)17-36-38-29(21-6-5-7-22(16-21)31(33,34)35)37-25-9-4-3-8-24(25)30(38)40/h3-17H,2,18H2,1H3. The van der Waals surface area contributed by atoms with E-state index >= 15 is 0 Å². The molecule has 0 amide bonds. The summed E-state index contributed by atoms with van der Waals surface area (Å²) in [5.74, 6) is -0.787. The minimum Gasteiger partial charge on any atom is -0.490 e. The van der Waals surface area contributed by atoms with Crippen LogP contribution in [0.3, 0.4) is 0 Å². The highest BCUT2D eigenvalue weighted by Gasteiger charge is 2.31. The molecule has 0 aliphatic heterocycles. The summed E-state index contributed by atoms with van der Waals surface area (Å²) >= 11 is 0. The van der Waals surface area contributed by atoms with E-state index in [2.05, 4.69) is 10.1 Å². The van der Waals surface area contributed by atoms with Crippen molar-refractivity contribution in [1.29, 1.82) is 0 Å². The number of alkyl halides is 3. The van der Waals surface area contributed by atoms with Crippen LogP contribution >= 0.6 is 0 Å². The SMILES string of the molecule is CCOc1cc(C=Nn2c(-c3cccc(C(F)(F)F)c3)nc3ccccc3c2=O)cc([N+](=O)[O-])c1OCc1ccc(F)cc1. The van der Waals surface area contributed by atoms with Gasteiger partial charge in [-0.1, -0.05) is 36.4 Å². The number of nitro groups is 1. The Kier molecular flexibility index (Phi) is 8.38. The summed E-state index contributed by atoms with van der Waals surface area (Å²) in [5, 5.41) is 16.4.